The lowest BCUT2D eigenvalue weighted by atomic mass is 9.77. The highest BCUT2D eigenvalue weighted by Gasteiger charge is 2.22. The monoisotopic (exact) mass is 572 g/mol. The van der Waals surface area contributed by atoms with Crippen LogP contribution in [-0.4, -0.2) is 30.9 Å². The molecule has 1 saturated carbocycles. The van der Waals surface area contributed by atoms with Gasteiger partial charge < -0.3 is 14.6 Å². The van der Waals surface area contributed by atoms with Gasteiger partial charge in [0.1, 0.15) is 18.2 Å². The molecule has 0 saturated heterocycles. The smallest absolute Gasteiger partial charge is 0.333 e. The number of rotatable bonds is 14. The van der Waals surface area contributed by atoms with E-state index in [-0.39, 0.29) is 25.6 Å². The molecule has 0 amide bonds. The van der Waals surface area contributed by atoms with Crippen LogP contribution in [0.15, 0.2) is 72.8 Å². The Labute approximate surface area is 250 Å². The number of aliphatic hydroxyl groups excluding tert-OH is 1. The van der Waals surface area contributed by atoms with Gasteiger partial charge in [-0.05, 0) is 90.5 Å². The van der Waals surface area contributed by atoms with Gasteiger partial charge in [0, 0.05) is 17.6 Å². The molecular formula is C37H45FO4. The molecule has 0 radical (unpaired) electrons. The second-order valence-corrected chi connectivity index (χ2v) is 11.6. The number of carbonyl (C=O) groups excluding carboxylic acids is 1. The molecule has 1 aliphatic rings. The predicted octanol–water partition coefficient (Wildman–Crippen LogP) is 9.05. The van der Waals surface area contributed by atoms with Crippen LogP contribution in [0.4, 0.5) is 4.39 Å². The number of benzene rings is 3. The Morgan fingerprint density at radius 1 is 0.929 bits per heavy atom. The minimum atomic E-state index is -0.455. The van der Waals surface area contributed by atoms with E-state index in [9.17, 15) is 9.90 Å². The van der Waals surface area contributed by atoms with Crippen molar-refractivity contribution in [2.24, 2.45) is 5.92 Å². The van der Waals surface area contributed by atoms with Crippen LogP contribution in [0.2, 0.25) is 0 Å². The molecule has 1 aliphatic carbocycles. The van der Waals surface area contributed by atoms with Gasteiger partial charge >= 0.3 is 5.97 Å². The van der Waals surface area contributed by atoms with Gasteiger partial charge in [0.25, 0.3) is 0 Å². The molecule has 4 nitrogen and oxygen atoms in total. The molecule has 4 rings (SSSR count). The standard InChI is InChI=1S/C37H45FO4/c1-4-5-6-7-27-8-10-28(11-9-27)29-12-14-30(15-13-29)31-16-18-34(35(38)25-31)32-17-19-36(41-23-21-39)33(24-32)20-22-42-37(40)26(2)3/h12-19,24-25,27-28,39H,2,4-11,20-23H2,1,3H3. The number of aliphatic hydroxyl groups is 1. The summed E-state index contributed by atoms with van der Waals surface area (Å²) >= 11 is 0. The topological polar surface area (TPSA) is 55.8 Å². The second-order valence-electron chi connectivity index (χ2n) is 11.6. The quantitative estimate of drug-likeness (QED) is 0.119. The first-order chi connectivity index (χ1) is 20.4. The van der Waals surface area contributed by atoms with Gasteiger partial charge in [0.2, 0.25) is 0 Å². The molecule has 0 heterocycles. The fourth-order valence-electron chi connectivity index (χ4n) is 5.96. The molecule has 0 aromatic heterocycles. The Morgan fingerprint density at radius 2 is 1.64 bits per heavy atom. The highest BCUT2D eigenvalue weighted by Crippen LogP contribution is 2.38. The second kappa shape index (κ2) is 15.7. The van der Waals surface area contributed by atoms with Gasteiger partial charge in [0.05, 0.1) is 13.2 Å². The Hall–Kier alpha value is -3.44. The fourth-order valence-corrected chi connectivity index (χ4v) is 5.96. The fraction of sp³-hybridized carbons (Fsp3) is 0.432. The van der Waals surface area contributed by atoms with E-state index in [1.54, 1.807) is 19.1 Å². The zero-order valence-electron chi connectivity index (χ0n) is 25.2. The summed E-state index contributed by atoms with van der Waals surface area (Å²) in [6.07, 6.45) is 11.0. The first-order valence-corrected chi connectivity index (χ1v) is 15.5. The van der Waals surface area contributed by atoms with E-state index < -0.39 is 5.97 Å². The maximum Gasteiger partial charge on any atom is 0.333 e. The van der Waals surface area contributed by atoms with E-state index in [2.05, 4.69) is 37.8 Å². The van der Waals surface area contributed by atoms with Crippen molar-refractivity contribution in [1.29, 1.82) is 0 Å². The highest BCUT2D eigenvalue weighted by atomic mass is 19.1. The molecule has 0 bridgehead atoms. The molecule has 0 unspecified atom stereocenters. The molecule has 3 aromatic rings. The zero-order chi connectivity index (χ0) is 29.9. The van der Waals surface area contributed by atoms with Gasteiger partial charge in [-0.3, -0.25) is 0 Å². The van der Waals surface area contributed by atoms with Crippen LogP contribution >= 0.6 is 0 Å². The van der Waals surface area contributed by atoms with Crippen LogP contribution < -0.4 is 4.74 Å². The first-order valence-electron chi connectivity index (χ1n) is 15.5. The molecule has 1 fully saturated rings. The van der Waals surface area contributed by atoms with Crippen molar-refractivity contribution in [1.82, 2.24) is 0 Å². The summed E-state index contributed by atoms with van der Waals surface area (Å²) in [5.74, 6) is 1.34. The lowest BCUT2D eigenvalue weighted by Gasteiger charge is -2.29. The summed E-state index contributed by atoms with van der Waals surface area (Å²) in [4.78, 5) is 11.8. The SMILES string of the molecule is C=C(C)C(=O)OCCc1cc(-c2ccc(-c3ccc(C4CCC(CCCCC)CC4)cc3)cc2F)ccc1OCCO. The van der Waals surface area contributed by atoms with E-state index in [1.165, 1.54) is 56.9 Å². The Bertz CT molecular complexity index is 1320. The Morgan fingerprint density at radius 3 is 2.31 bits per heavy atom. The van der Waals surface area contributed by atoms with Crippen molar-refractivity contribution in [2.75, 3.05) is 19.8 Å². The van der Waals surface area contributed by atoms with Crippen LogP contribution in [0.25, 0.3) is 22.3 Å². The van der Waals surface area contributed by atoms with Gasteiger partial charge in [-0.15, -0.1) is 0 Å². The van der Waals surface area contributed by atoms with E-state index in [0.29, 0.717) is 34.8 Å². The van der Waals surface area contributed by atoms with Gasteiger partial charge in [0.15, 0.2) is 0 Å². The average molecular weight is 573 g/mol. The number of ether oxygens (including phenoxy) is 2. The van der Waals surface area contributed by atoms with Crippen LogP contribution in [-0.2, 0) is 16.0 Å². The first kappa shape index (κ1) is 31.5. The average Bonchev–Trinajstić information content (AvgIpc) is 3.01. The maximum atomic E-state index is 15.5. The van der Waals surface area contributed by atoms with E-state index in [0.717, 1.165) is 22.6 Å². The molecule has 1 N–H and O–H groups in total. The predicted molar refractivity (Wildman–Crippen MR) is 168 cm³/mol. The number of unbranched alkanes of at least 4 members (excludes halogenated alkanes) is 2. The third-order valence-electron chi connectivity index (χ3n) is 8.42. The molecule has 224 valence electrons. The minimum absolute atomic E-state index is 0.122. The van der Waals surface area contributed by atoms with Crippen LogP contribution in [0.3, 0.4) is 0 Å². The third kappa shape index (κ3) is 8.54. The van der Waals surface area contributed by atoms with Gasteiger partial charge in [-0.25, -0.2) is 9.18 Å². The summed E-state index contributed by atoms with van der Waals surface area (Å²) in [7, 11) is 0. The van der Waals surface area contributed by atoms with E-state index in [4.69, 9.17) is 9.47 Å². The summed E-state index contributed by atoms with van der Waals surface area (Å²) in [6.45, 7) is 7.63. The summed E-state index contributed by atoms with van der Waals surface area (Å²) < 4.78 is 26.4. The summed E-state index contributed by atoms with van der Waals surface area (Å²) in [5, 5.41) is 9.19. The van der Waals surface area contributed by atoms with Gasteiger partial charge in [-0.2, -0.15) is 0 Å². The van der Waals surface area contributed by atoms with Crippen molar-refractivity contribution in [3.05, 3.63) is 89.8 Å². The van der Waals surface area contributed by atoms with E-state index >= 15 is 4.39 Å². The largest absolute Gasteiger partial charge is 0.491 e. The van der Waals surface area contributed by atoms with Crippen molar-refractivity contribution in [2.45, 2.75) is 77.6 Å². The summed E-state index contributed by atoms with van der Waals surface area (Å²) in [5.41, 5.74) is 5.54. The molecule has 0 atom stereocenters. The van der Waals surface area contributed by atoms with E-state index in [1.807, 2.05) is 24.3 Å². The molecule has 5 heteroatoms. The molecule has 0 spiro atoms. The van der Waals surface area contributed by atoms with Crippen molar-refractivity contribution in [3.63, 3.8) is 0 Å². The number of hydrogen-bond donors (Lipinski definition) is 1. The van der Waals surface area contributed by atoms with Crippen LogP contribution in [0.1, 0.15) is 82.3 Å². The van der Waals surface area contributed by atoms with Crippen molar-refractivity contribution in [3.8, 4) is 28.0 Å². The molecule has 3 aromatic carbocycles. The molecule has 0 aliphatic heterocycles. The third-order valence-corrected chi connectivity index (χ3v) is 8.42. The van der Waals surface area contributed by atoms with Crippen LogP contribution in [0.5, 0.6) is 5.75 Å². The lowest BCUT2D eigenvalue weighted by Crippen LogP contribution is -2.13. The van der Waals surface area contributed by atoms with Crippen molar-refractivity contribution < 1.29 is 23.8 Å². The number of carbonyl (C=O) groups is 1. The number of hydrogen-bond acceptors (Lipinski definition) is 4. The van der Waals surface area contributed by atoms with Gasteiger partial charge in [-0.1, -0.05) is 81.7 Å². The maximum absolute atomic E-state index is 15.5. The minimum Gasteiger partial charge on any atom is -0.491 e. The lowest BCUT2D eigenvalue weighted by molar-refractivity contribution is -0.138. The summed E-state index contributed by atoms with van der Waals surface area (Å²) in [6, 6.07) is 19.5. The number of halogens is 1. The highest BCUT2D eigenvalue weighted by molar-refractivity contribution is 5.86. The molecular weight excluding hydrogens is 527 g/mol. The molecule has 42 heavy (non-hydrogen) atoms. The number of esters is 1. The Balaban J connectivity index is 1.44. The van der Waals surface area contributed by atoms with Crippen molar-refractivity contribution >= 4 is 5.97 Å². The zero-order valence-corrected chi connectivity index (χ0v) is 25.2. The Kier molecular flexibility index (Phi) is 11.8. The van der Waals surface area contributed by atoms with Crippen LogP contribution in [0, 0.1) is 11.7 Å². The normalized spacial score (nSPS) is 16.7.